The molecule has 11 heteroatoms. The number of methoxy groups -OCH3 is 1. The Bertz CT molecular complexity index is 1930. The van der Waals surface area contributed by atoms with Gasteiger partial charge in [0, 0.05) is 21.9 Å². The molecule has 0 radical (unpaired) electrons. The summed E-state index contributed by atoms with van der Waals surface area (Å²) in [5, 5.41) is 6.23. The average molecular weight is 690 g/mol. The van der Waals surface area contributed by atoms with Crippen molar-refractivity contribution in [1.29, 1.82) is 0 Å². The summed E-state index contributed by atoms with van der Waals surface area (Å²) in [7, 11) is 1.30. The summed E-state index contributed by atoms with van der Waals surface area (Å²) in [5.74, 6) is 1.53. The van der Waals surface area contributed by atoms with Crippen LogP contribution in [0.15, 0.2) is 95.0 Å². The fraction of sp³-hybridized carbons (Fsp3) is 0.333. The molecule has 4 heterocycles. The minimum absolute atomic E-state index is 0.0947. The number of benzene rings is 3. The number of amides is 2. The Morgan fingerprint density at radius 3 is 2.30 bits per heavy atom. The van der Waals surface area contributed by atoms with Gasteiger partial charge >= 0.3 is 6.09 Å². The Labute approximate surface area is 296 Å². The van der Waals surface area contributed by atoms with Gasteiger partial charge < -0.3 is 30.2 Å². The van der Waals surface area contributed by atoms with E-state index >= 15 is 0 Å². The van der Waals surface area contributed by atoms with Crippen LogP contribution in [0.2, 0.25) is 0 Å². The number of aromatic nitrogens is 4. The van der Waals surface area contributed by atoms with Crippen molar-refractivity contribution in [2.45, 2.75) is 67.4 Å². The first kappa shape index (κ1) is 33.6. The van der Waals surface area contributed by atoms with Crippen LogP contribution in [-0.4, -0.2) is 63.1 Å². The molecule has 0 bridgehead atoms. The highest BCUT2D eigenvalue weighted by Crippen LogP contribution is 2.40. The van der Waals surface area contributed by atoms with Gasteiger partial charge in [0.2, 0.25) is 5.91 Å². The monoisotopic (exact) mass is 689 g/mol. The highest BCUT2D eigenvalue weighted by molar-refractivity contribution is 7.99. The molecule has 7 rings (SSSR count). The standard InChI is InChI=1S/C39H43N7O3S/c1-24(2)35(45-39(48)49-3)38(47)46-20-8-12-33(46)37-42-23-32(44-37)27-17-18-29(34(21-27)50-28-9-5-4-6-10-28)25-13-15-26(16-14-25)31-22-41-36(43-31)30-11-7-19-40-30/h4-6,9-10,13-18,21-24,30,33,35,40H,7-8,11-12,19-20H2,1-3H3,(H,41,43)(H,42,44)(H,45,48)/t30?,33?,35-/m0/s1. The molecule has 2 saturated heterocycles. The van der Waals surface area contributed by atoms with Crippen molar-refractivity contribution in [3.8, 4) is 33.6 Å². The maximum atomic E-state index is 13.7. The van der Waals surface area contributed by atoms with E-state index in [9.17, 15) is 9.59 Å². The van der Waals surface area contributed by atoms with Gasteiger partial charge in [-0.15, -0.1) is 0 Å². The minimum atomic E-state index is -0.678. The quantitative estimate of drug-likeness (QED) is 0.118. The zero-order chi connectivity index (χ0) is 34.6. The number of likely N-dealkylation sites (tertiary alicyclic amines) is 1. The van der Waals surface area contributed by atoms with E-state index in [1.807, 2.05) is 37.2 Å². The first-order valence-corrected chi connectivity index (χ1v) is 18.2. The lowest BCUT2D eigenvalue weighted by Crippen LogP contribution is -2.51. The summed E-state index contributed by atoms with van der Waals surface area (Å²) in [5.41, 5.74) is 6.28. The molecule has 3 aromatic carbocycles. The second-order valence-electron chi connectivity index (χ2n) is 13.3. The van der Waals surface area contributed by atoms with Gasteiger partial charge in [0.1, 0.15) is 17.7 Å². The van der Waals surface area contributed by atoms with Crippen molar-refractivity contribution >= 4 is 23.8 Å². The molecule has 3 atom stereocenters. The third-order valence-corrected chi connectivity index (χ3v) is 10.7. The Kier molecular flexibility index (Phi) is 10.0. The van der Waals surface area contributed by atoms with Crippen LogP contribution in [-0.2, 0) is 9.53 Å². The fourth-order valence-corrected chi connectivity index (χ4v) is 7.91. The highest BCUT2D eigenvalue weighted by atomic mass is 32.2. The van der Waals surface area contributed by atoms with E-state index in [0.717, 1.165) is 80.9 Å². The lowest BCUT2D eigenvalue weighted by atomic mass is 10.0. The van der Waals surface area contributed by atoms with Crippen molar-refractivity contribution in [2.75, 3.05) is 20.2 Å². The number of hydrogen-bond acceptors (Lipinski definition) is 7. The largest absolute Gasteiger partial charge is 0.453 e. The number of nitrogens with one attached hydrogen (secondary N) is 4. The summed E-state index contributed by atoms with van der Waals surface area (Å²) in [6, 6.07) is 25.0. The molecule has 50 heavy (non-hydrogen) atoms. The van der Waals surface area contributed by atoms with Crippen LogP contribution in [0.5, 0.6) is 0 Å². The first-order chi connectivity index (χ1) is 24.4. The van der Waals surface area contributed by atoms with Gasteiger partial charge in [-0.1, -0.05) is 80.2 Å². The third kappa shape index (κ3) is 7.20. The Hall–Kier alpha value is -4.87. The van der Waals surface area contributed by atoms with Crippen LogP contribution in [0.25, 0.3) is 33.6 Å². The van der Waals surface area contributed by atoms with Crippen LogP contribution in [0.4, 0.5) is 4.79 Å². The molecule has 2 aliphatic rings. The molecular formula is C39H43N7O3S. The van der Waals surface area contributed by atoms with E-state index < -0.39 is 12.1 Å². The first-order valence-electron chi connectivity index (χ1n) is 17.3. The highest BCUT2D eigenvalue weighted by Gasteiger charge is 2.37. The van der Waals surface area contributed by atoms with Gasteiger partial charge in [-0.2, -0.15) is 0 Å². The zero-order valence-electron chi connectivity index (χ0n) is 28.6. The minimum Gasteiger partial charge on any atom is -0.453 e. The molecule has 5 aromatic rings. The molecule has 2 fully saturated rings. The Balaban J connectivity index is 1.15. The normalized spacial score (nSPS) is 18.0. The van der Waals surface area contributed by atoms with Crippen molar-refractivity contribution in [3.05, 3.63) is 96.8 Å². The van der Waals surface area contributed by atoms with Gasteiger partial charge in [-0.25, -0.2) is 14.8 Å². The van der Waals surface area contributed by atoms with E-state index in [0.29, 0.717) is 12.6 Å². The summed E-state index contributed by atoms with van der Waals surface area (Å²) >= 11 is 1.73. The molecule has 2 aliphatic heterocycles. The van der Waals surface area contributed by atoms with Crippen LogP contribution in [0, 0.1) is 5.92 Å². The molecule has 0 aliphatic carbocycles. The molecule has 0 spiro atoms. The number of nitrogens with zero attached hydrogens (tertiary/aromatic N) is 3. The number of imidazole rings is 2. The number of hydrogen-bond donors (Lipinski definition) is 4. The predicted octanol–water partition coefficient (Wildman–Crippen LogP) is 7.75. The summed E-state index contributed by atoms with van der Waals surface area (Å²) in [4.78, 5) is 46.2. The number of H-pyrrole nitrogens is 2. The van der Waals surface area contributed by atoms with Gasteiger partial charge in [0.25, 0.3) is 0 Å². The Morgan fingerprint density at radius 1 is 0.880 bits per heavy atom. The molecule has 4 N–H and O–H groups in total. The summed E-state index contributed by atoms with van der Waals surface area (Å²) in [6.45, 7) is 5.48. The predicted molar refractivity (Wildman–Crippen MR) is 195 cm³/mol. The molecule has 2 aromatic heterocycles. The van der Waals surface area contributed by atoms with Crippen LogP contribution in [0.1, 0.15) is 63.3 Å². The summed E-state index contributed by atoms with van der Waals surface area (Å²) in [6.07, 6.45) is 7.11. The van der Waals surface area contributed by atoms with Crippen molar-refractivity contribution < 1.29 is 14.3 Å². The number of rotatable bonds is 10. The van der Waals surface area contributed by atoms with Crippen molar-refractivity contribution in [2.24, 2.45) is 5.92 Å². The van der Waals surface area contributed by atoms with Crippen molar-refractivity contribution in [1.82, 2.24) is 35.5 Å². The second-order valence-corrected chi connectivity index (χ2v) is 14.4. The number of alkyl carbamates (subject to hydrolysis) is 1. The topological polar surface area (TPSA) is 128 Å². The number of carbonyl (C=O) groups excluding carboxylic acids is 2. The van der Waals surface area contributed by atoms with Gasteiger partial charge in [-0.05, 0) is 73.0 Å². The maximum absolute atomic E-state index is 13.7. The third-order valence-electron chi connectivity index (χ3n) is 9.59. The molecule has 10 nitrogen and oxygen atoms in total. The second kappa shape index (κ2) is 14.9. The molecule has 258 valence electrons. The van der Waals surface area contributed by atoms with E-state index in [1.165, 1.54) is 13.5 Å². The smallest absolute Gasteiger partial charge is 0.407 e. The molecule has 2 amide bonds. The molecule has 0 saturated carbocycles. The lowest BCUT2D eigenvalue weighted by Gasteiger charge is -2.30. The molecular weight excluding hydrogens is 647 g/mol. The van der Waals surface area contributed by atoms with E-state index in [4.69, 9.17) is 9.72 Å². The number of ether oxygens (including phenoxy) is 1. The van der Waals surface area contributed by atoms with Crippen LogP contribution >= 0.6 is 11.8 Å². The van der Waals surface area contributed by atoms with Gasteiger partial charge in [-0.3, -0.25) is 4.79 Å². The van der Waals surface area contributed by atoms with Crippen LogP contribution in [0.3, 0.4) is 0 Å². The van der Waals surface area contributed by atoms with Crippen LogP contribution < -0.4 is 10.6 Å². The summed E-state index contributed by atoms with van der Waals surface area (Å²) < 4.78 is 4.78. The SMILES string of the molecule is COC(=O)N[C@H](C(=O)N1CCCC1c1ncc(-c2ccc(-c3ccc(-c4cnc(C5CCCN5)[nH]4)cc3)c(Sc3ccccc3)c2)[nH]1)C(C)C. The zero-order valence-corrected chi connectivity index (χ0v) is 29.4. The van der Waals surface area contributed by atoms with E-state index in [2.05, 4.69) is 92.3 Å². The number of aromatic amines is 2. The fourth-order valence-electron chi connectivity index (χ4n) is 6.88. The maximum Gasteiger partial charge on any atom is 0.407 e. The van der Waals surface area contributed by atoms with E-state index in [1.54, 1.807) is 11.8 Å². The number of carbonyl (C=O) groups is 2. The Morgan fingerprint density at radius 2 is 1.58 bits per heavy atom. The van der Waals surface area contributed by atoms with Crippen molar-refractivity contribution in [3.63, 3.8) is 0 Å². The lowest BCUT2D eigenvalue weighted by molar-refractivity contribution is -0.135. The van der Waals surface area contributed by atoms with Gasteiger partial charge in [0.05, 0.1) is 43.0 Å². The average Bonchev–Trinajstić information content (AvgIpc) is 3.98. The van der Waals surface area contributed by atoms with Gasteiger partial charge in [0.15, 0.2) is 0 Å². The molecule has 2 unspecified atom stereocenters. The van der Waals surface area contributed by atoms with E-state index in [-0.39, 0.29) is 17.9 Å².